The molecule has 0 saturated carbocycles. The van der Waals surface area contributed by atoms with Crippen molar-refractivity contribution in [1.29, 1.82) is 0 Å². The van der Waals surface area contributed by atoms with Gasteiger partial charge in [-0.15, -0.1) is 0 Å². The molecule has 0 aliphatic carbocycles. The van der Waals surface area contributed by atoms with Crippen LogP contribution in [-0.4, -0.2) is 37.3 Å². The zero-order valence-electron chi connectivity index (χ0n) is 13.8. The van der Waals surface area contributed by atoms with E-state index in [0.29, 0.717) is 17.9 Å². The first-order chi connectivity index (χ1) is 11.6. The van der Waals surface area contributed by atoms with E-state index in [1.54, 1.807) is 48.5 Å². The summed E-state index contributed by atoms with van der Waals surface area (Å²) in [4.78, 5) is 7.39. The van der Waals surface area contributed by atoms with E-state index in [1.165, 1.54) is 6.07 Å². The first kappa shape index (κ1) is 17.8. The summed E-state index contributed by atoms with van der Waals surface area (Å²) in [6, 6.07) is 13.1. The van der Waals surface area contributed by atoms with Gasteiger partial charge in [0, 0.05) is 12.1 Å². The van der Waals surface area contributed by atoms with Crippen LogP contribution in [0.3, 0.4) is 0 Å². The molecule has 24 heavy (non-hydrogen) atoms. The van der Waals surface area contributed by atoms with E-state index in [9.17, 15) is 9.50 Å². The number of hydrogen-bond acceptors (Lipinski definition) is 4. The zero-order valence-corrected chi connectivity index (χ0v) is 13.8. The minimum Gasteiger partial charge on any atom is -0.508 e. The van der Waals surface area contributed by atoms with Gasteiger partial charge in [-0.05, 0) is 50.0 Å². The van der Waals surface area contributed by atoms with Gasteiger partial charge in [0.25, 0.3) is 0 Å². The first-order valence-electron chi connectivity index (χ1n) is 7.59. The Balaban J connectivity index is 2.23. The lowest BCUT2D eigenvalue weighted by Gasteiger charge is -2.12. The third-order valence-electron chi connectivity index (χ3n) is 3.23. The molecule has 5 heteroatoms. The first-order valence-corrected chi connectivity index (χ1v) is 7.59. The Morgan fingerprint density at radius 1 is 1.21 bits per heavy atom. The Kier molecular flexibility index (Phi) is 6.58. The third-order valence-corrected chi connectivity index (χ3v) is 3.23. The van der Waals surface area contributed by atoms with Crippen LogP contribution in [0.25, 0.3) is 11.8 Å². The number of aromatic hydroxyl groups is 1. The van der Waals surface area contributed by atoms with Gasteiger partial charge < -0.3 is 10.0 Å². The predicted octanol–water partition coefficient (Wildman–Crippen LogP) is 3.27. The Morgan fingerprint density at radius 3 is 2.58 bits per heavy atom. The summed E-state index contributed by atoms with van der Waals surface area (Å²) in [5.41, 5.74) is 7.40. The lowest BCUT2D eigenvalue weighted by molar-refractivity contribution is 0.0667. The maximum Gasteiger partial charge on any atom is 0.133 e. The van der Waals surface area contributed by atoms with E-state index in [1.807, 2.05) is 19.0 Å². The van der Waals surface area contributed by atoms with E-state index in [2.05, 4.69) is 11.2 Å². The van der Waals surface area contributed by atoms with E-state index in [0.717, 1.165) is 12.1 Å². The summed E-state index contributed by atoms with van der Waals surface area (Å²) < 4.78 is 14.0. The number of phenols is 1. The van der Waals surface area contributed by atoms with Gasteiger partial charge in [-0.1, -0.05) is 30.0 Å². The second kappa shape index (κ2) is 8.89. The number of nitrogens with one attached hydrogen (secondary N) is 1. The molecule has 0 heterocycles. The lowest BCUT2D eigenvalue weighted by Crippen LogP contribution is -2.23. The van der Waals surface area contributed by atoms with Crippen molar-refractivity contribution in [3.63, 3.8) is 0 Å². The molecule has 0 saturated heterocycles. The molecule has 4 nitrogen and oxygen atoms in total. The van der Waals surface area contributed by atoms with Gasteiger partial charge in [0.2, 0.25) is 0 Å². The third kappa shape index (κ3) is 5.56. The smallest absolute Gasteiger partial charge is 0.133 e. The molecule has 0 bridgehead atoms. The van der Waals surface area contributed by atoms with Gasteiger partial charge in [0.15, 0.2) is 0 Å². The highest BCUT2D eigenvalue weighted by Gasteiger charge is 2.06. The maximum absolute atomic E-state index is 14.0. The Hall–Kier alpha value is -2.59. The molecule has 2 N–H and O–H groups in total. The number of hydroxylamine groups is 1. The fourth-order valence-corrected chi connectivity index (χ4v) is 1.90. The van der Waals surface area contributed by atoms with Crippen LogP contribution in [0.5, 0.6) is 5.75 Å². The predicted molar refractivity (Wildman–Crippen MR) is 93.5 cm³/mol. The number of likely N-dealkylation sites (N-methyl/N-ethyl adjacent to an activating group) is 1. The molecule has 0 aromatic heterocycles. The molecule has 0 spiro atoms. The van der Waals surface area contributed by atoms with Crippen LogP contribution in [0.15, 0.2) is 54.3 Å². The Bertz CT molecular complexity index is 720. The van der Waals surface area contributed by atoms with Crippen LogP contribution in [-0.2, 0) is 4.84 Å². The standard InChI is InChI=1S/C19H21FN2O2/c1-22(2)13-14-24-21-19(17-5-3-4-6-18(17)20)12-9-15-7-10-16(23)11-8-15/h3-11,21,23H,13-14H2,1-2H3. The zero-order chi connectivity index (χ0) is 17.4. The maximum atomic E-state index is 14.0. The Morgan fingerprint density at radius 2 is 1.92 bits per heavy atom. The molecule has 2 rings (SSSR count). The van der Waals surface area contributed by atoms with Crippen molar-refractivity contribution in [2.75, 3.05) is 27.2 Å². The minimum absolute atomic E-state index is 0.190. The van der Waals surface area contributed by atoms with Gasteiger partial charge in [-0.25, -0.2) is 4.39 Å². The molecule has 2 aromatic carbocycles. The van der Waals surface area contributed by atoms with Crippen LogP contribution < -0.4 is 5.48 Å². The largest absolute Gasteiger partial charge is 0.508 e. The van der Waals surface area contributed by atoms with Gasteiger partial charge in [-0.2, -0.15) is 0 Å². The highest BCUT2D eigenvalue weighted by atomic mass is 19.1. The van der Waals surface area contributed by atoms with Crippen molar-refractivity contribution in [2.24, 2.45) is 0 Å². The van der Waals surface area contributed by atoms with Gasteiger partial charge in [0.05, 0.1) is 6.61 Å². The second-order valence-electron chi connectivity index (χ2n) is 5.49. The molecule has 0 unspecified atom stereocenters. The summed E-state index contributed by atoms with van der Waals surface area (Å²) in [7, 11) is 3.89. The topological polar surface area (TPSA) is 44.7 Å². The molecule has 2 aromatic rings. The summed E-state index contributed by atoms with van der Waals surface area (Å²) in [6.45, 7) is 1.19. The summed E-state index contributed by atoms with van der Waals surface area (Å²) in [5.74, 6) is -0.168. The van der Waals surface area contributed by atoms with Crippen molar-refractivity contribution in [3.8, 4) is 5.75 Å². The normalized spacial score (nSPS) is 10.3. The number of nitrogens with zero attached hydrogens (tertiary/aromatic N) is 1. The van der Waals surface area contributed by atoms with Crippen molar-refractivity contribution in [3.05, 3.63) is 71.2 Å². The molecule has 0 atom stereocenters. The van der Waals surface area contributed by atoms with Gasteiger partial charge >= 0.3 is 0 Å². The molecule has 0 radical (unpaired) electrons. The second-order valence-corrected chi connectivity index (χ2v) is 5.49. The molecular formula is C19H21FN2O2. The monoisotopic (exact) mass is 328 g/mol. The molecular weight excluding hydrogens is 307 g/mol. The average molecular weight is 328 g/mol. The van der Waals surface area contributed by atoms with Crippen LogP contribution in [0.4, 0.5) is 4.39 Å². The molecule has 0 fully saturated rings. The summed E-state index contributed by atoms with van der Waals surface area (Å²) in [5, 5.41) is 9.31. The van der Waals surface area contributed by atoms with E-state index < -0.39 is 0 Å². The van der Waals surface area contributed by atoms with Gasteiger partial charge in [0.1, 0.15) is 17.3 Å². The molecule has 126 valence electrons. The molecule has 0 amide bonds. The summed E-state index contributed by atoms with van der Waals surface area (Å²) in [6.07, 6.45) is 1.70. The highest BCUT2D eigenvalue weighted by molar-refractivity contribution is 5.67. The van der Waals surface area contributed by atoms with Crippen LogP contribution in [0.1, 0.15) is 11.1 Å². The quantitative estimate of drug-likeness (QED) is 0.465. The van der Waals surface area contributed by atoms with E-state index in [-0.39, 0.29) is 11.6 Å². The van der Waals surface area contributed by atoms with Crippen molar-refractivity contribution in [2.45, 2.75) is 0 Å². The van der Waals surface area contributed by atoms with Crippen LogP contribution in [0, 0.1) is 5.82 Å². The van der Waals surface area contributed by atoms with Crippen LogP contribution >= 0.6 is 0 Å². The SMILES string of the molecule is CN(C)CCONC(=C=Cc1ccc(O)cc1)c1ccccc1F. The molecule has 0 aliphatic heterocycles. The number of rotatable bonds is 7. The lowest BCUT2D eigenvalue weighted by atomic mass is 10.1. The van der Waals surface area contributed by atoms with Gasteiger partial charge in [-0.3, -0.25) is 10.3 Å². The van der Waals surface area contributed by atoms with E-state index in [4.69, 9.17) is 4.84 Å². The van der Waals surface area contributed by atoms with Crippen molar-refractivity contribution >= 4 is 11.8 Å². The fraction of sp³-hybridized carbons (Fsp3) is 0.211. The van der Waals surface area contributed by atoms with E-state index >= 15 is 0 Å². The highest BCUT2D eigenvalue weighted by Crippen LogP contribution is 2.16. The fourth-order valence-electron chi connectivity index (χ4n) is 1.90. The van der Waals surface area contributed by atoms with Crippen LogP contribution in [0.2, 0.25) is 0 Å². The van der Waals surface area contributed by atoms with Crippen molar-refractivity contribution < 1.29 is 14.3 Å². The Labute approximate surface area is 141 Å². The average Bonchev–Trinajstić information content (AvgIpc) is 2.56. The number of benzene rings is 2. The number of hydrogen-bond donors (Lipinski definition) is 2. The van der Waals surface area contributed by atoms with Crippen molar-refractivity contribution in [1.82, 2.24) is 10.4 Å². The molecule has 0 aliphatic rings. The number of phenolic OH excluding ortho intramolecular Hbond substituents is 1. The summed E-state index contributed by atoms with van der Waals surface area (Å²) >= 11 is 0. The number of halogens is 1. The minimum atomic E-state index is -0.359.